The molecule has 29 heavy (non-hydrogen) atoms. The minimum absolute atomic E-state index is 0.0605. The maximum atomic E-state index is 14.3. The second-order valence-corrected chi connectivity index (χ2v) is 9.57. The monoisotopic (exact) mass is 482 g/mol. The van der Waals surface area contributed by atoms with E-state index in [1.807, 2.05) is 0 Å². The van der Waals surface area contributed by atoms with Crippen molar-refractivity contribution in [2.24, 2.45) is 0 Å². The van der Waals surface area contributed by atoms with Crippen LogP contribution in [-0.2, 0) is 9.84 Å². The molecule has 2 aromatic carbocycles. The number of hydrogen-bond donors (Lipinski definition) is 0. The molecular weight excluding hydrogens is 472 g/mol. The third-order valence-corrected chi connectivity index (χ3v) is 7.14. The van der Waals surface area contributed by atoms with Gasteiger partial charge in [-0.3, -0.25) is 0 Å². The lowest BCUT2D eigenvalue weighted by Crippen LogP contribution is -2.17. The first-order valence-electron chi connectivity index (χ1n) is 7.65. The molecule has 0 saturated carbocycles. The van der Waals surface area contributed by atoms with Crippen molar-refractivity contribution < 1.29 is 43.5 Å². The van der Waals surface area contributed by atoms with Gasteiger partial charge < -0.3 is 0 Å². The van der Waals surface area contributed by atoms with Crippen molar-refractivity contribution in [3.63, 3.8) is 0 Å². The molecule has 0 aromatic heterocycles. The fraction of sp³-hybridized carbons (Fsp3) is 0.250. The highest BCUT2D eigenvalue weighted by molar-refractivity contribution is 7.99. The molecule has 0 unspecified atom stereocenters. The highest BCUT2D eigenvalue weighted by Gasteiger charge is 2.40. The van der Waals surface area contributed by atoms with Crippen LogP contribution in [-0.4, -0.2) is 19.9 Å². The molecule has 0 aliphatic carbocycles. The van der Waals surface area contributed by atoms with Gasteiger partial charge in [0.05, 0.1) is 9.79 Å². The highest BCUT2D eigenvalue weighted by atomic mass is 32.2. The zero-order valence-corrected chi connectivity index (χ0v) is 16.9. The second-order valence-electron chi connectivity index (χ2n) is 5.20. The third kappa shape index (κ3) is 3.83. The van der Waals surface area contributed by atoms with E-state index in [0.29, 0.717) is 23.5 Å². The fourth-order valence-corrected chi connectivity index (χ4v) is 5.25. The van der Waals surface area contributed by atoms with Crippen molar-refractivity contribution in [2.75, 3.05) is 11.5 Å². The van der Waals surface area contributed by atoms with Gasteiger partial charge in [0.1, 0.15) is 9.79 Å². The van der Waals surface area contributed by atoms with Gasteiger partial charge in [-0.15, -0.1) is 23.5 Å². The van der Waals surface area contributed by atoms with Crippen LogP contribution in [0.5, 0.6) is 0 Å². The van der Waals surface area contributed by atoms with Crippen molar-refractivity contribution in [3.05, 3.63) is 46.5 Å². The van der Waals surface area contributed by atoms with Crippen LogP contribution in [0, 0.1) is 46.5 Å². The predicted octanol–water partition coefficient (Wildman–Crippen LogP) is 5.86. The minimum atomic E-state index is -6.09. The zero-order valence-electron chi connectivity index (χ0n) is 14.5. The summed E-state index contributed by atoms with van der Waals surface area (Å²) in [5, 5.41) is 0. The SMILES string of the molecule is CCSc1c(F)c(F)c(S(=O)(=O)c2c(F)c(F)c(SCC)c(F)c2F)c(F)c1F. The van der Waals surface area contributed by atoms with Gasteiger partial charge in [0.15, 0.2) is 46.5 Å². The molecule has 13 heteroatoms. The quantitative estimate of drug-likeness (QED) is 0.294. The first kappa shape index (κ1) is 23.8. The largest absolute Gasteiger partial charge is 0.218 e. The van der Waals surface area contributed by atoms with E-state index in [1.54, 1.807) is 0 Å². The Balaban J connectivity index is 2.92. The molecule has 0 amide bonds. The number of rotatable bonds is 6. The highest BCUT2D eigenvalue weighted by Crippen LogP contribution is 2.39. The van der Waals surface area contributed by atoms with Gasteiger partial charge in [-0.2, -0.15) is 0 Å². The molecule has 0 radical (unpaired) electrons. The van der Waals surface area contributed by atoms with Crippen LogP contribution in [0.4, 0.5) is 35.1 Å². The molecule has 2 nitrogen and oxygen atoms in total. The molecule has 0 fully saturated rings. The summed E-state index contributed by atoms with van der Waals surface area (Å²) in [5.41, 5.74) is 0. The number of sulfone groups is 1. The van der Waals surface area contributed by atoms with E-state index >= 15 is 0 Å². The lowest BCUT2D eigenvalue weighted by Gasteiger charge is -2.14. The molecule has 0 heterocycles. The third-order valence-electron chi connectivity index (χ3n) is 3.48. The summed E-state index contributed by atoms with van der Waals surface area (Å²) in [4.78, 5) is -7.20. The molecule has 0 atom stereocenters. The molecule has 0 aliphatic heterocycles. The number of benzene rings is 2. The average Bonchev–Trinajstić information content (AvgIpc) is 2.65. The van der Waals surface area contributed by atoms with Gasteiger partial charge in [-0.1, -0.05) is 13.8 Å². The van der Waals surface area contributed by atoms with Gasteiger partial charge in [0, 0.05) is 0 Å². The van der Waals surface area contributed by atoms with E-state index in [0.717, 1.165) is 0 Å². The van der Waals surface area contributed by atoms with Crippen molar-refractivity contribution >= 4 is 33.4 Å². The minimum Gasteiger partial charge on any atom is -0.218 e. The summed E-state index contributed by atoms with van der Waals surface area (Å²) in [7, 11) is -6.09. The Kier molecular flexibility index (Phi) is 7.16. The maximum Gasteiger partial charge on any atom is 0.218 e. The number of thioether (sulfide) groups is 2. The van der Waals surface area contributed by atoms with Crippen LogP contribution in [0.3, 0.4) is 0 Å². The zero-order chi connectivity index (χ0) is 22.3. The second kappa shape index (κ2) is 8.72. The summed E-state index contributed by atoms with van der Waals surface area (Å²) in [6, 6.07) is 0. The molecular formula is C16H10F8O2S3. The topological polar surface area (TPSA) is 34.1 Å². The lowest BCUT2D eigenvalue weighted by atomic mass is 10.3. The lowest BCUT2D eigenvalue weighted by molar-refractivity contribution is 0.385. The average molecular weight is 482 g/mol. The summed E-state index contributed by atoms with van der Waals surface area (Å²) in [6.07, 6.45) is 0. The maximum absolute atomic E-state index is 14.3. The van der Waals surface area contributed by atoms with Crippen LogP contribution in [0.2, 0.25) is 0 Å². The van der Waals surface area contributed by atoms with E-state index in [1.165, 1.54) is 13.8 Å². The van der Waals surface area contributed by atoms with Crippen LogP contribution >= 0.6 is 23.5 Å². The number of hydrogen-bond acceptors (Lipinski definition) is 4. The predicted molar refractivity (Wildman–Crippen MR) is 90.8 cm³/mol. The normalized spacial score (nSPS) is 11.9. The van der Waals surface area contributed by atoms with Gasteiger partial charge >= 0.3 is 0 Å². The summed E-state index contributed by atoms with van der Waals surface area (Å²) in [5.74, 6) is -18.6. The van der Waals surface area contributed by atoms with Gasteiger partial charge in [0.2, 0.25) is 9.84 Å². The Morgan fingerprint density at radius 3 is 1.00 bits per heavy atom. The van der Waals surface area contributed by atoms with Crippen LogP contribution in [0.25, 0.3) is 0 Å². The fourth-order valence-electron chi connectivity index (χ4n) is 2.30. The van der Waals surface area contributed by atoms with Gasteiger partial charge in [0.25, 0.3) is 0 Å². The van der Waals surface area contributed by atoms with Crippen LogP contribution < -0.4 is 0 Å². The molecule has 0 aliphatic rings. The van der Waals surface area contributed by atoms with Crippen molar-refractivity contribution in [3.8, 4) is 0 Å². The Bertz CT molecular complexity index is 949. The van der Waals surface area contributed by atoms with E-state index < -0.39 is 76.0 Å². The Hall–Kier alpha value is -1.47. The van der Waals surface area contributed by atoms with E-state index in [2.05, 4.69) is 0 Å². The van der Waals surface area contributed by atoms with Crippen LogP contribution in [0.15, 0.2) is 19.6 Å². The molecule has 2 rings (SSSR count). The van der Waals surface area contributed by atoms with Crippen LogP contribution in [0.1, 0.15) is 13.8 Å². The first-order chi connectivity index (χ1) is 13.4. The molecule has 160 valence electrons. The Labute approximate surface area is 168 Å². The smallest absolute Gasteiger partial charge is 0.218 e. The summed E-state index contributed by atoms with van der Waals surface area (Å²) < 4.78 is 138. The Morgan fingerprint density at radius 2 is 0.793 bits per heavy atom. The van der Waals surface area contributed by atoms with E-state index in [9.17, 15) is 43.5 Å². The molecule has 2 aromatic rings. The molecule has 0 saturated heterocycles. The summed E-state index contributed by atoms with van der Waals surface area (Å²) >= 11 is 0.590. The van der Waals surface area contributed by atoms with E-state index in [4.69, 9.17) is 0 Å². The van der Waals surface area contributed by atoms with Crippen molar-refractivity contribution in [1.29, 1.82) is 0 Å². The molecule has 0 N–H and O–H groups in total. The standard InChI is InChI=1S/C16H10F8O2S3/c1-3-27-13-5(17)9(21)15(10(22)6(13)18)29(25,26)16-11(23)7(19)14(28-4-2)8(20)12(16)24/h3-4H2,1-2H3. The van der Waals surface area contributed by atoms with Gasteiger partial charge in [-0.05, 0) is 11.5 Å². The molecule has 0 bridgehead atoms. The van der Waals surface area contributed by atoms with Gasteiger partial charge in [-0.25, -0.2) is 43.5 Å². The van der Waals surface area contributed by atoms with Crippen molar-refractivity contribution in [2.45, 2.75) is 33.4 Å². The first-order valence-corrected chi connectivity index (χ1v) is 11.1. The summed E-state index contributed by atoms with van der Waals surface area (Å²) in [6.45, 7) is 2.74. The Morgan fingerprint density at radius 1 is 0.552 bits per heavy atom. The number of halogens is 8. The molecule has 0 spiro atoms. The van der Waals surface area contributed by atoms with Crippen molar-refractivity contribution in [1.82, 2.24) is 0 Å². The van der Waals surface area contributed by atoms with E-state index in [-0.39, 0.29) is 11.5 Å².